The summed E-state index contributed by atoms with van der Waals surface area (Å²) in [6.07, 6.45) is 7.08. The Morgan fingerprint density at radius 1 is 1.25 bits per heavy atom. The van der Waals surface area contributed by atoms with E-state index in [1.54, 1.807) is 25.8 Å². The lowest BCUT2D eigenvalue weighted by atomic mass is 10.1. The van der Waals surface area contributed by atoms with Gasteiger partial charge in [-0.05, 0) is 49.9 Å². The average molecular weight is 323 g/mol. The summed E-state index contributed by atoms with van der Waals surface area (Å²) in [5, 5.41) is 4.35. The molecule has 0 fully saturated rings. The predicted molar refractivity (Wildman–Crippen MR) is 92.0 cm³/mol. The summed E-state index contributed by atoms with van der Waals surface area (Å²) in [6.45, 7) is 2.88. The first-order chi connectivity index (χ1) is 11.7. The van der Waals surface area contributed by atoms with E-state index in [0.29, 0.717) is 0 Å². The van der Waals surface area contributed by atoms with Crippen molar-refractivity contribution in [3.8, 4) is 11.4 Å². The van der Waals surface area contributed by atoms with Gasteiger partial charge in [-0.2, -0.15) is 5.10 Å². The first-order valence-electron chi connectivity index (χ1n) is 7.82. The fraction of sp³-hybridized carbons (Fsp3) is 0.278. The lowest BCUT2D eigenvalue weighted by Gasteiger charge is -2.25. The number of hydrogen-bond acceptors (Lipinski definition) is 5. The minimum absolute atomic E-state index is 0.171. The number of rotatable bonds is 6. The van der Waals surface area contributed by atoms with E-state index in [4.69, 9.17) is 4.74 Å². The summed E-state index contributed by atoms with van der Waals surface area (Å²) in [5.74, 6) is 0.837. The SMILES string of the molecule is COc1ccc(-n2cccn2)c(CN(C)[C@@H](C)c2ccncn2)c1. The fourth-order valence-corrected chi connectivity index (χ4v) is 2.63. The molecular formula is C18H21N5O. The van der Waals surface area contributed by atoms with Gasteiger partial charge in [-0.3, -0.25) is 4.90 Å². The minimum Gasteiger partial charge on any atom is -0.497 e. The van der Waals surface area contributed by atoms with E-state index in [-0.39, 0.29) is 6.04 Å². The Labute approximate surface area is 141 Å². The Morgan fingerprint density at radius 3 is 2.79 bits per heavy atom. The quantitative estimate of drug-likeness (QED) is 0.698. The summed E-state index contributed by atoms with van der Waals surface area (Å²) in [7, 11) is 3.76. The van der Waals surface area contributed by atoms with Crippen LogP contribution in [0.4, 0.5) is 0 Å². The van der Waals surface area contributed by atoms with Crippen LogP contribution in [0.1, 0.15) is 24.2 Å². The van der Waals surface area contributed by atoms with Crippen LogP contribution in [-0.2, 0) is 6.54 Å². The molecule has 124 valence electrons. The van der Waals surface area contributed by atoms with Crippen LogP contribution in [0, 0.1) is 0 Å². The second-order valence-electron chi connectivity index (χ2n) is 5.67. The van der Waals surface area contributed by atoms with Gasteiger partial charge in [0.25, 0.3) is 0 Å². The second-order valence-corrected chi connectivity index (χ2v) is 5.67. The molecule has 0 saturated carbocycles. The third-order valence-corrected chi connectivity index (χ3v) is 4.15. The maximum absolute atomic E-state index is 5.39. The Hall–Kier alpha value is -2.73. The Balaban J connectivity index is 1.88. The molecule has 0 radical (unpaired) electrons. The number of nitrogens with zero attached hydrogens (tertiary/aromatic N) is 5. The number of ether oxygens (including phenoxy) is 1. The van der Waals surface area contributed by atoms with Crippen LogP contribution in [0.15, 0.2) is 55.2 Å². The zero-order valence-electron chi connectivity index (χ0n) is 14.1. The monoisotopic (exact) mass is 323 g/mol. The fourth-order valence-electron chi connectivity index (χ4n) is 2.63. The maximum Gasteiger partial charge on any atom is 0.119 e. The van der Waals surface area contributed by atoms with Crippen LogP contribution >= 0.6 is 0 Å². The highest BCUT2D eigenvalue weighted by Crippen LogP contribution is 2.25. The molecule has 0 aliphatic heterocycles. The van der Waals surface area contributed by atoms with Gasteiger partial charge in [0, 0.05) is 31.2 Å². The van der Waals surface area contributed by atoms with Gasteiger partial charge in [-0.1, -0.05) is 0 Å². The molecular weight excluding hydrogens is 302 g/mol. The third kappa shape index (κ3) is 3.44. The third-order valence-electron chi connectivity index (χ3n) is 4.15. The van der Waals surface area contributed by atoms with Crippen molar-refractivity contribution in [2.45, 2.75) is 19.5 Å². The minimum atomic E-state index is 0.171. The molecule has 0 bridgehead atoms. The van der Waals surface area contributed by atoms with Gasteiger partial charge < -0.3 is 4.74 Å². The van der Waals surface area contributed by atoms with Crippen molar-refractivity contribution in [3.63, 3.8) is 0 Å². The molecule has 0 aliphatic carbocycles. The van der Waals surface area contributed by atoms with E-state index >= 15 is 0 Å². The molecule has 0 aliphatic rings. The van der Waals surface area contributed by atoms with Crippen LogP contribution in [0.25, 0.3) is 5.69 Å². The van der Waals surface area contributed by atoms with E-state index in [1.165, 1.54) is 0 Å². The highest BCUT2D eigenvalue weighted by Gasteiger charge is 2.16. The van der Waals surface area contributed by atoms with Crippen molar-refractivity contribution < 1.29 is 4.74 Å². The van der Waals surface area contributed by atoms with Crippen LogP contribution in [0.3, 0.4) is 0 Å². The van der Waals surface area contributed by atoms with Crippen LogP contribution in [0.2, 0.25) is 0 Å². The maximum atomic E-state index is 5.39. The molecule has 0 saturated heterocycles. The molecule has 3 rings (SSSR count). The summed E-state index contributed by atoms with van der Waals surface area (Å²) < 4.78 is 7.26. The Bertz CT molecular complexity index is 773. The molecule has 2 heterocycles. The van der Waals surface area contributed by atoms with Crippen molar-refractivity contribution >= 4 is 0 Å². The standard InChI is InChI=1S/C18H21N5O/c1-14(17-7-9-19-13-20-17)22(2)12-15-11-16(24-3)5-6-18(15)23-10-4-8-21-23/h4-11,13-14H,12H2,1-3H3/t14-/m0/s1. The second kappa shape index (κ2) is 7.23. The van der Waals surface area contributed by atoms with E-state index < -0.39 is 0 Å². The smallest absolute Gasteiger partial charge is 0.119 e. The largest absolute Gasteiger partial charge is 0.497 e. The van der Waals surface area contributed by atoms with E-state index in [1.807, 2.05) is 35.1 Å². The van der Waals surface area contributed by atoms with E-state index in [2.05, 4.69) is 40.0 Å². The highest BCUT2D eigenvalue weighted by molar-refractivity contribution is 5.45. The molecule has 0 unspecified atom stereocenters. The highest BCUT2D eigenvalue weighted by atomic mass is 16.5. The van der Waals surface area contributed by atoms with Crippen LogP contribution < -0.4 is 4.74 Å². The molecule has 6 nitrogen and oxygen atoms in total. The van der Waals surface area contributed by atoms with Crippen molar-refractivity contribution in [1.29, 1.82) is 0 Å². The first-order valence-corrected chi connectivity index (χ1v) is 7.82. The van der Waals surface area contributed by atoms with Gasteiger partial charge in [0.1, 0.15) is 12.1 Å². The summed E-state index contributed by atoms with van der Waals surface area (Å²) in [4.78, 5) is 10.6. The Kier molecular flexibility index (Phi) is 4.86. The molecule has 1 atom stereocenters. The molecule has 3 aromatic rings. The zero-order valence-corrected chi connectivity index (χ0v) is 14.1. The normalized spacial score (nSPS) is 12.3. The van der Waals surface area contributed by atoms with E-state index in [9.17, 15) is 0 Å². The number of benzene rings is 1. The van der Waals surface area contributed by atoms with Gasteiger partial charge in [-0.15, -0.1) is 0 Å². The van der Waals surface area contributed by atoms with Gasteiger partial charge >= 0.3 is 0 Å². The molecule has 0 spiro atoms. The topological polar surface area (TPSA) is 56.1 Å². The first kappa shape index (κ1) is 16.1. The number of methoxy groups -OCH3 is 1. The average Bonchev–Trinajstić information content (AvgIpc) is 3.16. The van der Waals surface area contributed by atoms with Crippen molar-refractivity contribution in [2.75, 3.05) is 14.2 Å². The van der Waals surface area contributed by atoms with E-state index in [0.717, 1.165) is 29.2 Å². The van der Waals surface area contributed by atoms with Gasteiger partial charge in [0.05, 0.1) is 18.5 Å². The van der Waals surface area contributed by atoms with Crippen molar-refractivity contribution in [2.24, 2.45) is 0 Å². The molecule has 1 aromatic carbocycles. The zero-order chi connectivity index (χ0) is 16.9. The summed E-state index contributed by atoms with van der Waals surface area (Å²) in [5.41, 5.74) is 3.18. The molecule has 2 aromatic heterocycles. The van der Waals surface area contributed by atoms with Gasteiger partial charge in [-0.25, -0.2) is 14.6 Å². The van der Waals surface area contributed by atoms with Crippen molar-refractivity contribution in [3.05, 3.63) is 66.5 Å². The number of aromatic nitrogens is 4. The molecule has 24 heavy (non-hydrogen) atoms. The lowest BCUT2D eigenvalue weighted by Crippen LogP contribution is -2.23. The van der Waals surface area contributed by atoms with Crippen molar-refractivity contribution in [1.82, 2.24) is 24.6 Å². The predicted octanol–water partition coefficient (Wildman–Crippen LogP) is 2.86. The van der Waals surface area contributed by atoms with Gasteiger partial charge in [0.2, 0.25) is 0 Å². The molecule has 0 N–H and O–H groups in total. The molecule has 6 heteroatoms. The lowest BCUT2D eigenvalue weighted by molar-refractivity contribution is 0.248. The molecule has 0 amide bonds. The van der Waals surface area contributed by atoms with Gasteiger partial charge in [0.15, 0.2) is 0 Å². The van der Waals surface area contributed by atoms with Crippen LogP contribution in [-0.4, -0.2) is 38.8 Å². The summed E-state index contributed by atoms with van der Waals surface area (Å²) >= 11 is 0. The van der Waals surface area contributed by atoms with Crippen LogP contribution in [0.5, 0.6) is 5.75 Å². The number of hydrogen-bond donors (Lipinski definition) is 0. The summed E-state index contributed by atoms with van der Waals surface area (Å²) in [6, 6.07) is 10.1. The Morgan fingerprint density at radius 2 is 2.12 bits per heavy atom.